The number of hydrogen-bond acceptors (Lipinski definition) is 5. The lowest BCUT2D eigenvalue weighted by Crippen LogP contribution is -2.43. The van der Waals surface area contributed by atoms with Gasteiger partial charge in [0.25, 0.3) is 0 Å². The first kappa shape index (κ1) is 20.3. The lowest BCUT2D eigenvalue weighted by molar-refractivity contribution is -0.0416. The highest BCUT2D eigenvalue weighted by molar-refractivity contribution is 7.10. The van der Waals surface area contributed by atoms with E-state index in [0.717, 1.165) is 10.4 Å². The first-order chi connectivity index (χ1) is 13.3. The molecule has 0 bridgehead atoms. The normalized spacial score (nSPS) is 23.8. The lowest BCUT2D eigenvalue weighted by atomic mass is 9.93. The third-order valence-corrected chi connectivity index (χ3v) is 11.5. The van der Waals surface area contributed by atoms with Crippen LogP contribution in [0.4, 0.5) is 0 Å². The molecule has 4 nitrogen and oxygen atoms in total. The largest absolute Gasteiger partial charge is 0.408 e. The molecule has 152 valence electrons. The van der Waals surface area contributed by atoms with Crippen LogP contribution in [0.3, 0.4) is 0 Å². The van der Waals surface area contributed by atoms with Gasteiger partial charge in [-0.25, -0.2) is 0 Å². The molecule has 0 radical (unpaired) electrons. The van der Waals surface area contributed by atoms with E-state index in [4.69, 9.17) is 18.6 Å². The fourth-order valence-corrected chi connectivity index (χ4v) is 5.64. The van der Waals surface area contributed by atoms with Crippen molar-refractivity contribution >= 4 is 19.7 Å². The summed E-state index contributed by atoms with van der Waals surface area (Å²) in [5.41, 5.74) is 3.62. The van der Waals surface area contributed by atoms with Gasteiger partial charge in [-0.05, 0) is 46.3 Å². The second kappa shape index (κ2) is 7.67. The molecule has 1 aromatic heterocycles. The summed E-state index contributed by atoms with van der Waals surface area (Å²) in [5.74, 6) is 0. The Morgan fingerprint density at radius 3 is 2.39 bits per heavy atom. The van der Waals surface area contributed by atoms with E-state index >= 15 is 0 Å². The first-order valence-corrected chi connectivity index (χ1v) is 13.7. The molecule has 0 spiro atoms. The van der Waals surface area contributed by atoms with Gasteiger partial charge in [0.15, 0.2) is 14.6 Å². The predicted molar refractivity (Wildman–Crippen MR) is 114 cm³/mol. The van der Waals surface area contributed by atoms with E-state index in [0.29, 0.717) is 19.8 Å². The highest BCUT2D eigenvalue weighted by Gasteiger charge is 2.41. The van der Waals surface area contributed by atoms with Gasteiger partial charge in [0.05, 0.1) is 30.8 Å². The summed E-state index contributed by atoms with van der Waals surface area (Å²) in [6, 6.07) is 10.7. The van der Waals surface area contributed by atoms with Gasteiger partial charge in [0.1, 0.15) is 6.10 Å². The second-order valence-corrected chi connectivity index (χ2v) is 14.8. The molecule has 2 unspecified atom stereocenters. The lowest BCUT2D eigenvalue weighted by Gasteiger charge is -2.41. The molecular formula is C22H30O4SSi. The Kier molecular flexibility index (Phi) is 5.55. The minimum atomic E-state index is -1.89. The van der Waals surface area contributed by atoms with E-state index in [1.54, 1.807) is 11.3 Å². The van der Waals surface area contributed by atoms with Crippen molar-refractivity contribution < 1.29 is 18.6 Å². The molecule has 0 saturated carbocycles. The molecule has 0 N–H and O–H groups in total. The topological polar surface area (TPSA) is 36.9 Å². The van der Waals surface area contributed by atoms with Crippen LogP contribution >= 0.6 is 11.3 Å². The molecule has 6 heteroatoms. The minimum absolute atomic E-state index is 0.00653. The molecular weight excluding hydrogens is 388 g/mol. The monoisotopic (exact) mass is 418 g/mol. The quantitative estimate of drug-likeness (QED) is 0.573. The summed E-state index contributed by atoms with van der Waals surface area (Å²) in [5, 5.41) is 2.33. The van der Waals surface area contributed by atoms with Gasteiger partial charge in [-0.3, -0.25) is 0 Å². The Morgan fingerprint density at radius 2 is 1.71 bits per heavy atom. The smallest absolute Gasteiger partial charge is 0.193 e. The van der Waals surface area contributed by atoms with Crippen LogP contribution in [0.5, 0.6) is 0 Å². The highest BCUT2D eigenvalue weighted by Crippen LogP contribution is 2.45. The first-order valence-electron chi connectivity index (χ1n) is 9.96. The summed E-state index contributed by atoms with van der Waals surface area (Å²) >= 11 is 1.67. The molecule has 1 aromatic carbocycles. The van der Waals surface area contributed by atoms with E-state index in [-0.39, 0.29) is 23.5 Å². The number of thiophene rings is 1. The van der Waals surface area contributed by atoms with E-state index in [2.05, 4.69) is 69.6 Å². The maximum absolute atomic E-state index is 6.72. The van der Waals surface area contributed by atoms with Crippen molar-refractivity contribution in [3.8, 4) is 0 Å². The Balaban J connectivity index is 1.60. The molecule has 0 aliphatic carbocycles. The minimum Gasteiger partial charge on any atom is -0.408 e. The summed E-state index contributed by atoms with van der Waals surface area (Å²) in [7, 11) is -1.89. The van der Waals surface area contributed by atoms with Crippen LogP contribution < -0.4 is 0 Å². The zero-order valence-electron chi connectivity index (χ0n) is 17.4. The average molecular weight is 419 g/mol. The summed E-state index contributed by atoms with van der Waals surface area (Å²) in [4.78, 5) is 1.10. The predicted octanol–water partition coefficient (Wildman–Crippen LogP) is 5.98. The van der Waals surface area contributed by atoms with Crippen LogP contribution in [0.2, 0.25) is 18.1 Å². The number of ether oxygens (including phenoxy) is 3. The fraction of sp³-hybridized carbons (Fsp3) is 0.545. The average Bonchev–Trinajstić information content (AvgIpc) is 3.32. The van der Waals surface area contributed by atoms with E-state index in [9.17, 15) is 0 Å². The van der Waals surface area contributed by atoms with Gasteiger partial charge in [-0.2, -0.15) is 0 Å². The van der Waals surface area contributed by atoms with Crippen LogP contribution in [0.25, 0.3) is 0 Å². The zero-order valence-corrected chi connectivity index (χ0v) is 19.2. The molecule has 3 heterocycles. The van der Waals surface area contributed by atoms with Gasteiger partial charge in [-0.1, -0.05) is 45.0 Å². The summed E-state index contributed by atoms with van der Waals surface area (Å²) in [6.45, 7) is 13.3. The molecule has 2 aliphatic heterocycles. The molecule has 28 heavy (non-hydrogen) atoms. The zero-order chi connectivity index (χ0) is 19.9. The van der Waals surface area contributed by atoms with Crippen molar-refractivity contribution in [2.75, 3.05) is 19.8 Å². The van der Waals surface area contributed by atoms with Gasteiger partial charge >= 0.3 is 0 Å². The van der Waals surface area contributed by atoms with Crippen LogP contribution in [0.1, 0.15) is 60.8 Å². The van der Waals surface area contributed by atoms with Crippen molar-refractivity contribution in [2.45, 2.75) is 57.4 Å². The third-order valence-electron chi connectivity index (χ3n) is 6.08. The molecule has 2 atom stereocenters. The van der Waals surface area contributed by atoms with Crippen molar-refractivity contribution in [1.29, 1.82) is 0 Å². The fourth-order valence-electron chi connectivity index (χ4n) is 3.46. The molecule has 1 saturated heterocycles. The molecule has 2 aromatic rings. The van der Waals surface area contributed by atoms with Crippen molar-refractivity contribution in [3.63, 3.8) is 0 Å². The Hall–Kier alpha value is -1.02. The summed E-state index contributed by atoms with van der Waals surface area (Å²) in [6.07, 6.45) is -0.304. The Labute approximate surface area is 172 Å². The molecule has 0 amide bonds. The number of fused-ring (bicyclic) bond motifs is 1. The van der Waals surface area contributed by atoms with Crippen molar-refractivity contribution in [3.05, 3.63) is 57.3 Å². The SMILES string of the molecule is CC(C)(C)[Si](C)(C)OC1COC(c2csc(C3OCCO3)c2)c2ccccc21. The van der Waals surface area contributed by atoms with Crippen molar-refractivity contribution in [2.24, 2.45) is 0 Å². The third kappa shape index (κ3) is 3.86. The standard InChI is InChI=1S/C22H30O4SSi/c1-22(2,3)28(4,5)26-18-13-25-20(17-9-7-6-8-16(17)18)15-12-19(27-14-15)21-23-10-11-24-21/h6-9,12,14,18,20-21H,10-11,13H2,1-5H3. The van der Waals surface area contributed by atoms with Crippen LogP contribution in [0.15, 0.2) is 35.7 Å². The van der Waals surface area contributed by atoms with Gasteiger partial charge in [0.2, 0.25) is 0 Å². The van der Waals surface area contributed by atoms with Gasteiger partial charge in [-0.15, -0.1) is 11.3 Å². The van der Waals surface area contributed by atoms with Gasteiger partial charge in [0, 0.05) is 0 Å². The Morgan fingerprint density at radius 1 is 1.04 bits per heavy atom. The van der Waals surface area contributed by atoms with E-state index in [1.807, 2.05) is 0 Å². The molecule has 2 aliphatic rings. The summed E-state index contributed by atoms with van der Waals surface area (Å²) < 4.78 is 24.4. The van der Waals surface area contributed by atoms with E-state index in [1.165, 1.54) is 11.1 Å². The maximum atomic E-state index is 6.72. The van der Waals surface area contributed by atoms with Crippen LogP contribution in [-0.2, 0) is 18.6 Å². The van der Waals surface area contributed by atoms with Crippen molar-refractivity contribution in [1.82, 2.24) is 0 Å². The molecule has 4 rings (SSSR count). The maximum Gasteiger partial charge on any atom is 0.193 e. The highest BCUT2D eigenvalue weighted by atomic mass is 32.1. The Bertz CT molecular complexity index is 820. The van der Waals surface area contributed by atoms with E-state index < -0.39 is 8.32 Å². The van der Waals surface area contributed by atoms with Gasteiger partial charge < -0.3 is 18.6 Å². The number of benzene rings is 1. The second-order valence-electron chi connectivity index (χ2n) is 9.07. The van der Waals surface area contributed by atoms with Crippen LogP contribution in [-0.4, -0.2) is 28.1 Å². The molecule has 1 fully saturated rings. The van der Waals surface area contributed by atoms with Crippen LogP contribution in [0, 0.1) is 0 Å². The number of hydrogen-bond donors (Lipinski definition) is 0. The number of rotatable bonds is 4.